The van der Waals surface area contributed by atoms with Crippen LogP contribution >= 0.6 is 11.3 Å². The van der Waals surface area contributed by atoms with Crippen molar-refractivity contribution in [3.63, 3.8) is 0 Å². The zero-order valence-corrected chi connectivity index (χ0v) is 17.6. The van der Waals surface area contributed by atoms with Gasteiger partial charge < -0.3 is 5.32 Å². The fourth-order valence-electron chi connectivity index (χ4n) is 4.92. The second kappa shape index (κ2) is 7.30. The van der Waals surface area contributed by atoms with Crippen molar-refractivity contribution in [2.75, 3.05) is 13.1 Å². The van der Waals surface area contributed by atoms with Crippen LogP contribution in [-0.4, -0.2) is 51.7 Å². The van der Waals surface area contributed by atoms with Gasteiger partial charge in [-0.15, -0.1) is 11.3 Å². The number of thiophene rings is 1. The minimum absolute atomic E-state index is 0.0141. The summed E-state index contributed by atoms with van der Waals surface area (Å²) >= 11 is 1.53. The molecule has 0 unspecified atom stereocenters. The molecule has 5 rings (SSSR count). The number of rotatable bonds is 5. The normalized spacial score (nSPS) is 27.6. The summed E-state index contributed by atoms with van der Waals surface area (Å²) in [5, 5.41) is 8.93. The van der Waals surface area contributed by atoms with Gasteiger partial charge in [-0.25, -0.2) is 8.78 Å². The van der Waals surface area contributed by atoms with E-state index in [4.69, 9.17) is 0 Å². The molecule has 0 bridgehead atoms. The fraction of sp³-hybridized carbons (Fsp3) is 0.714. The lowest BCUT2D eigenvalue weighted by Crippen LogP contribution is -2.60. The van der Waals surface area contributed by atoms with E-state index in [9.17, 15) is 13.6 Å². The van der Waals surface area contributed by atoms with Crippen LogP contribution in [0.25, 0.3) is 10.2 Å². The number of carbonyl (C=O) groups is 1. The van der Waals surface area contributed by atoms with Gasteiger partial charge in [-0.05, 0) is 57.4 Å². The van der Waals surface area contributed by atoms with Crippen LogP contribution in [0.2, 0.25) is 0 Å². The van der Waals surface area contributed by atoms with Crippen molar-refractivity contribution in [3.05, 3.63) is 16.6 Å². The molecule has 0 aromatic carbocycles. The number of halogens is 2. The van der Waals surface area contributed by atoms with Crippen molar-refractivity contribution in [1.29, 1.82) is 0 Å². The molecular weight excluding hydrogens is 394 g/mol. The number of likely N-dealkylation sites (tertiary alicyclic amines) is 1. The topological polar surface area (TPSA) is 50.2 Å². The third-order valence-corrected chi connectivity index (χ3v) is 8.05. The molecule has 0 radical (unpaired) electrons. The van der Waals surface area contributed by atoms with E-state index in [1.807, 2.05) is 17.9 Å². The van der Waals surface area contributed by atoms with Crippen LogP contribution in [0.15, 0.2) is 6.07 Å². The highest BCUT2D eigenvalue weighted by Crippen LogP contribution is 2.35. The van der Waals surface area contributed by atoms with Gasteiger partial charge in [-0.1, -0.05) is 6.42 Å². The van der Waals surface area contributed by atoms with E-state index in [0.717, 1.165) is 58.9 Å². The van der Waals surface area contributed by atoms with Gasteiger partial charge >= 0.3 is 0 Å². The fourth-order valence-corrected chi connectivity index (χ4v) is 5.99. The number of hydrogen-bond acceptors (Lipinski definition) is 4. The Morgan fingerprint density at radius 2 is 1.97 bits per heavy atom. The van der Waals surface area contributed by atoms with Crippen molar-refractivity contribution in [2.45, 2.75) is 76.4 Å². The number of amides is 1. The lowest BCUT2D eigenvalue weighted by Gasteiger charge is -2.46. The number of aryl methyl sites for hydroxylation is 1. The first-order valence-electron chi connectivity index (χ1n) is 10.8. The average Bonchev–Trinajstić information content (AvgIpc) is 3.18. The Kier molecular flexibility index (Phi) is 4.89. The molecule has 1 aliphatic heterocycles. The number of hydrogen-bond donors (Lipinski definition) is 1. The standard InChI is InChI=1S/C21H28F2N4OS/c1-13-17-9-18(29-20(17)27(25-13)10-14-3-2-4-14)19(28)24-15-5-7-16(8-6-15)26-11-21(22,23)12-26/h9,14-16H,2-8,10-12H2,1H3,(H,24,28). The van der Waals surface area contributed by atoms with E-state index < -0.39 is 5.92 Å². The summed E-state index contributed by atoms with van der Waals surface area (Å²) in [5.41, 5.74) is 0.987. The maximum Gasteiger partial charge on any atom is 0.272 e. The van der Waals surface area contributed by atoms with Gasteiger partial charge in [0.15, 0.2) is 0 Å². The lowest BCUT2D eigenvalue weighted by molar-refractivity contribution is -0.150. The Balaban J connectivity index is 1.19. The van der Waals surface area contributed by atoms with Crippen LogP contribution < -0.4 is 5.32 Å². The first kappa shape index (κ1) is 19.4. The van der Waals surface area contributed by atoms with E-state index in [0.29, 0.717) is 0 Å². The van der Waals surface area contributed by atoms with Gasteiger partial charge in [0.1, 0.15) is 4.83 Å². The molecule has 2 saturated carbocycles. The Bertz CT molecular complexity index is 903. The molecule has 158 valence electrons. The Labute approximate surface area is 173 Å². The number of nitrogens with zero attached hydrogens (tertiary/aromatic N) is 3. The second-order valence-corrected chi connectivity index (χ2v) is 10.2. The number of aromatic nitrogens is 2. The van der Waals surface area contributed by atoms with Crippen LogP contribution in [0.4, 0.5) is 8.78 Å². The third-order valence-electron chi connectivity index (χ3n) is 6.90. The van der Waals surface area contributed by atoms with E-state index in [-0.39, 0.29) is 31.1 Å². The van der Waals surface area contributed by atoms with Crippen molar-refractivity contribution in [2.24, 2.45) is 5.92 Å². The Morgan fingerprint density at radius 3 is 2.59 bits per heavy atom. The molecule has 2 aromatic rings. The van der Waals surface area contributed by atoms with Gasteiger partial charge in [0, 0.05) is 24.0 Å². The maximum absolute atomic E-state index is 13.1. The Morgan fingerprint density at radius 1 is 1.24 bits per heavy atom. The molecule has 5 nitrogen and oxygen atoms in total. The molecule has 1 saturated heterocycles. The molecule has 3 aliphatic rings. The SMILES string of the molecule is Cc1nn(CC2CCC2)c2sc(C(=O)NC3CCC(N4CC(F)(F)C4)CC3)cc12. The van der Waals surface area contributed by atoms with Gasteiger partial charge in [0.05, 0.1) is 23.7 Å². The molecule has 3 fully saturated rings. The smallest absolute Gasteiger partial charge is 0.272 e. The summed E-state index contributed by atoms with van der Waals surface area (Å²) in [5.74, 6) is -1.79. The molecule has 1 N–H and O–H groups in total. The minimum Gasteiger partial charge on any atom is -0.349 e. The van der Waals surface area contributed by atoms with E-state index in [2.05, 4.69) is 15.1 Å². The molecule has 8 heteroatoms. The van der Waals surface area contributed by atoms with Gasteiger partial charge in [0.2, 0.25) is 0 Å². The predicted octanol–water partition coefficient (Wildman–Crippen LogP) is 4.20. The number of nitrogens with one attached hydrogen (secondary N) is 1. The summed E-state index contributed by atoms with van der Waals surface area (Å²) in [6.45, 7) is 2.75. The van der Waals surface area contributed by atoms with Crippen LogP contribution in [0.5, 0.6) is 0 Å². The number of alkyl halides is 2. The minimum atomic E-state index is -2.50. The molecule has 0 spiro atoms. The number of fused-ring (bicyclic) bond motifs is 1. The summed E-state index contributed by atoms with van der Waals surface area (Å²) in [6, 6.07) is 2.36. The third kappa shape index (κ3) is 3.81. The molecule has 2 aromatic heterocycles. The highest BCUT2D eigenvalue weighted by molar-refractivity contribution is 7.20. The predicted molar refractivity (Wildman–Crippen MR) is 110 cm³/mol. The highest BCUT2D eigenvalue weighted by atomic mass is 32.1. The lowest BCUT2D eigenvalue weighted by atomic mass is 9.85. The van der Waals surface area contributed by atoms with Crippen molar-refractivity contribution in [1.82, 2.24) is 20.0 Å². The molecule has 29 heavy (non-hydrogen) atoms. The maximum atomic E-state index is 13.1. The average molecular weight is 423 g/mol. The summed E-state index contributed by atoms with van der Waals surface area (Å²) < 4.78 is 28.3. The van der Waals surface area contributed by atoms with Gasteiger partial charge in [-0.3, -0.25) is 14.4 Å². The number of carbonyl (C=O) groups excluding carboxylic acids is 1. The second-order valence-electron chi connectivity index (χ2n) is 9.13. The molecule has 1 amide bonds. The highest BCUT2D eigenvalue weighted by Gasteiger charge is 2.47. The molecule has 3 heterocycles. The van der Waals surface area contributed by atoms with E-state index in [1.54, 1.807) is 0 Å². The summed E-state index contributed by atoms with van der Waals surface area (Å²) in [4.78, 5) is 16.6. The summed E-state index contributed by atoms with van der Waals surface area (Å²) in [7, 11) is 0. The van der Waals surface area contributed by atoms with Crippen LogP contribution in [0.1, 0.15) is 60.3 Å². The van der Waals surface area contributed by atoms with Crippen LogP contribution in [0, 0.1) is 12.8 Å². The van der Waals surface area contributed by atoms with Gasteiger partial charge in [-0.2, -0.15) is 5.10 Å². The monoisotopic (exact) mass is 422 g/mol. The van der Waals surface area contributed by atoms with Crippen LogP contribution in [0.3, 0.4) is 0 Å². The largest absolute Gasteiger partial charge is 0.349 e. The Hall–Kier alpha value is -1.54. The zero-order valence-electron chi connectivity index (χ0n) is 16.8. The first-order chi connectivity index (χ1) is 13.9. The summed E-state index contributed by atoms with van der Waals surface area (Å²) in [6.07, 6.45) is 7.34. The van der Waals surface area contributed by atoms with E-state index in [1.165, 1.54) is 30.6 Å². The molecular formula is C21H28F2N4OS. The van der Waals surface area contributed by atoms with Crippen molar-refractivity contribution in [3.8, 4) is 0 Å². The first-order valence-corrected chi connectivity index (χ1v) is 11.6. The zero-order chi connectivity index (χ0) is 20.2. The van der Waals surface area contributed by atoms with Gasteiger partial charge in [0.25, 0.3) is 11.8 Å². The van der Waals surface area contributed by atoms with Crippen molar-refractivity contribution < 1.29 is 13.6 Å². The molecule has 2 aliphatic carbocycles. The van der Waals surface area contributed by atoms with E-state index >= 15 is 0 Å². The van der Waals surface area contributed by atoms with Crippen LogP contribution in [-0.2, 0) is 6.54 Å². The molecule has 0 atom stereocenters. The quantitative estimate of drug-likeness (QED) is 0.786. The van der Waals surface area contributed by atoms with Crippen molar-refractivity contribution >= 4 is 27.5 Å².